The fourth-order valence-electron chi connectivity index (χ4n) is 0.369. The minimum absolute atomic E-state index is 0.141. The number of aliphatic hydroxyl groups is 2. The van der Waals surface area contributed by atoms with Gasteiger partial charge in [0.1, 0.15) is 26.4 Å². The van der Waals surface area contributed by atoms with Crippen LogP contribution in [0.2, 0.25) is 0 Å². The maximum atomic E-state index is 10.3. The maximum absolute atomic E-state index is 10.3. The first-order valence-corrected chi connectivity index (χ1v) is 3.40. The van der Waals surface area contributed by atoms with Crippen molar-refractivity contribution in [3.05, 3.63) is 0 Å². The van der Waals surface area contributed by atoms with Crippen LogP contribution in [-0.4, -0.2) is 48.6 Å². The molecule has 76 valence electrons. The normalized spacial score (nSPS) is 9.38. The third-order valence-electron chi connectivity index (χ3n) is 0.840. The van der Waals surface area contributed by atoms with E-state index < -0.39 is 25.2 Å². The van der Waals surface area contributed by atoms with Crippen LogP contribution in [0.3, 0.4) is 0 Å². The highest BCUT2D eigenvalue weighted by Crippen LogP contribution is 1.82. The Morgan fingerprint density at radius 1 is 1.00 bits per heavy atom. The van der Waals surface area contributed by atoms with Crippen molar-refractivity contribution in [2.45, 2.75) is 0 Å². The fraction of sp³-hybridized carbons (Fsp3) is 0.667. The van der Waals surface area contributed by atoms with Gasteiger partial charge in [0, 0.05) is 0 Å². The molecule has 0 saturated heterocycles. The Hall–Kier alpha value is -1.18. The second kappa shape index (κ2) is 7.47. The summed E-state index contributed by atoms with van der Waals surface area (Å²) in [7, 11) is 0. The van der Waals surface area contributed by atoms with Crippen LogP contribution in [0.1, 0.15) is 0 Å². The van der Waals surface area contributed by atoms with E-state index in [9.17, 15) is 9.59 Å². The Morgan fingerprint density at radius 3 is 2.15 bits per heavy atom. The average molecular weight is 194 g/mol. The lowest BCUT2D eigenvalue weighted by molar-refractivity contribution is -0.277. The van der Waals surface area contributed by atoms with Crippen LogP contribution < -0.4 is 0 Å². The molecule has 0 aromatic carbocycles. The van der Waals surface area contributed by atoms with E-state index in [1.54, 1.807) is 0 Å². The van der Waals surface area contributed by atoms with E-state index in [-0.39, 0.29) is 13.2 Å². The highest BCUT2D eigenvalue weighted by molar-refractivity contribution is 5.70. The lowest BCUT2D eigenvalue weighted by Gasteiger charge is -2.02. The molecule has 13 heavy (non-hydrogen) atoms. The summed E-state index contributed by atoms with van der Waals surface area (Å²) in [6.45, 7) is -1.79. The molecule has 0 aliphatic heterocycles. The van der Waals surface area contributed by atoms with Crippen LogP contribution in [0.4, 0.5) is 0 Å². The van der Waals surface area contributed by atoms with Crippen LogP contribution in [0.15, 0.2) is 0 Å². The largest absolute Gasteiger partial charge is 0.461 e. The molecule has 0 amide bonds. The number of rotatable bonds is 6. The standard InChI is InChI=1S/C6H10O7/c7-3-5(9)11-1-2-12-13-6(10)4-8/h7-8H,1-4H2. The predicted molar refractivity (Wildman–Crippen MR) is 37.2 cm³/mol. The second-order valence-electron chi connectivity index (χ2n) is 1.81. The molecule has 0 aliphatic carbocycles. The molecule has 0 rings (SSSR count). The highest BCUT2D eigenvalue weighted by Gasteiger charge is 2.02. The van der Waals surface area contributed by atoms with Crippen molar-refractivity contribution in [1.82, 2.24) is 0 Å². The van der Waals surface area contributed by atoms with Crippen molar-refractivity contribution in [3.63, 3.8) is 0 Å². The van der Waals surface area contributed by atoms with E-state index in [2.05, 4.69) is 14.5 Å². The van der Waals surface area contributed by atoms with Gasteiger partial charge in [0.15, 0.2) is 0 Å². The molecule has 0 spiro atoms. The molecule has 2 N–H and O–H groups in total. The molecule has 0 aromatic heterocycles. The maximum Gasteiger partial charge on any atom is 0.367 e. The Balaban J connectivity index is 3.17. The van der Waals surface area contributed by atoms with Gasteiger partial charge in [0.25, 0.3) is 0 Å². The van der Waals surface area contributed by atoms with Gasteiger partial charge in [-0.25, -0.2) is 9.59 Å². The van der Waals surface area contributed by atoms with Crippen molar-refractivity contribution in [3.8, 4) is 0 Å². The molecule has 0 aliphatic rings. The van der Waals surface area contributed by atoms with E-state index in [0.29, 0.717) is 0 Å². The summed E-state index contributed by atoms with van der Waals surface area (Å²) < 4.78 is 4.34. The van der Waals surface area contributed by atoms with Crippen LogP contribution in [-0.2, 0) is 24.1 Å². The first kappa shape index (κ1) is 11.8. The molecule has 0 bridgehead atoms. The second-order valence-corrected chi connectivity index (χ2v) is 1.81. The lowest BCUT2D eigenvalue weighted by atomic mass is 10.7. The van der Waals surface area contributed by atoms with Crippen molar-refractivity contribution in [1.29, 1.82) is 0 Å². The van der Waals surface area contributed by atoms with E-state index in [1.807, 2.05) is 0 Å². The molecule has 0 fully saturated rings. The zero-order valence-electron chi connectivity index (χ0n) is 6.76. The molecular weight excluding hydrogens is 184 g/mol. The van der Waals surface area contributed by atoms with Gasteiger partial charge >= 0.3 is 11.9 Å². The molecule has 0 atom stereocenters. The smallest absolute Gasteiger partial charge is 0.367 e. The highest BCUT2D eigenvalue weighted by atomic mass is 17.2. The summed E-state index contributed by atoms with van der Waals surface area (Å²) in [5.41, 5.74) is 0. The summed E-state index contributed by atoms with van der Waals surface area (Å²) in [5.74, 6) is -1.73. The molecular formula is C6H10O7. The average Bonchev–Trinajstić information content (AvgIpc) is 2.16. The summed E-state index contributed by atoms with van der Waals surface area (Å²) in [4.78, 5) is 28.7. The summed E-state index contributed by atoms with van der Waals surface area (Å²) in [6.07, 6.45) is 0. The van der Waals surface area contributed by atoms with Gasteiger partial charge in [-0.3, -0.25) is 4.89 Å². The van der Waals surface area contributed by atoms with E-state index >= 15 is 0 Å². The summed E-state index contributed by atoms with van der Waals surface area (Å²) in [6, 6.07) is 0. The van der Waals surface area contributed by atoms with Crippen LogP contribution in [0.5, 0.6) is 0 Å². The number of carbonyl (C=O) groups excluding carboxylic acids is 2. The number of hydrogen-bond donors (Lipinski definition) is 2. The quantitative estimate of drug-likeness (QED) is 0.218. The van der Waals surface area contributed by atoms with Crippen LogP contribution in [0.25, 0.3) is 0 Å². The number of hydrogen-bond acceptors (Lipinski definition) is 7. The Kier molecular flexibility index (Phi) is 6.79. The predicted octanol–water partition coefficient (Wildman–Crippen LogP) is -2.01. The van der Waals surface area contributed by atoms with E-state index in [4.69, 9.17) is 10.2 Å². The monoisotopic (exact) mass is 194 g/mol. The van der Waals surface area contributed by atoms with E-state index in [1.165, 1.54) is 0 Å². The zero-order chi connectivity index (χ0) is 10.1. The lowest BCUT2D eigenvalue weighted by Crippen LogP contribution is -2.16. The first-order valence-electron chi connectivity index (χ1n) is 3.40. The number of ether oxygens (including phenoxy) is 1. The number of esters is 1. The third-order valence-corrected chi connectivity index (χ3v) is 0.840. The Morgan fingerprint density at radius 2 is 1.62 bits per heavy atom. The van der Waals surface area contributed by atoms with Crippen molar-refractivity contribution < 1.29 is 34.3 Å². The van der Waals surface area contributed by atoms with Gasteiger partial charge in [-0.05, 0) is 0 Å². The van der Waals surface area contributed by atoms with E-state index in [0.717, 1.165) is 0 Å². The minimum Gasteiger partial charge on any atom is -0.461 e. The van der Waals surface area contributed by atoms with Gasteiger partial charge in [-0.1, -0.05) is 0 Å². The number of carbonyl (C=O) groups is 2. The van der Waals surface area contributed by atoms with Crippen molar-refractivity contribution >= 4 is 11.9 Å². The van der Waals surface area contributed by atoms with Crippen LogP contribution in [0, 0.1) is 0 Å². The fourth-order valence-corrected chi connectivity index (χ4v) is 0.369. The zero-order valence-corrected chi connectivity index (χ0v) is 6.76. The first-order chi connectivity index (χ1) is 6.20. The molecule has 0 radical (unpaired) electrons. The number of aliphatic hydroxyl groups excluding tert-OH is 2. The third kappa shape index (κ3) is 7.19. The van der Waals surface area contributed by atoms with Gasteiger partial charge in [-0.2, -0.15) is 4.89 Å². The van der Waals surface area contributed by atoms with Gasteiger partial charge in [-0.15, -0.1) is 0 Å². The topological polar surface area (TPSA) is 102 Å². The molecule has 7 heteroatoms. The van der Waals surface area contributed by atoms with Crippen molar-refractivity contribution in [2.75, 3.05) is 26.4 Å². The summed E-state index contributed by atoms with van der Waals surface area (Å²) in [5, 5.41) is 16.3. The molecule has 0 saturated carbocycles. The summed E-state index contributed by atoms with van der Waals surface area (Å²) >= 11 is 0. The molecule has 7 nitrogen and oxygen atoms in total. The molecule has 0 aromatic rings. The van der Waals surface area contributed by atoms with Gasteiger partial charge in [0.05, 0.1) is 0 Å². The molecule has 0 unspecified atom stereocenters. The Bertz CT molecular complexity index is 148. The van der Waals surface area contributed by atoms with Crippen LogP contribution >= 0.6 is 0 Å². The minimum atomic E-state index is -0.937. The van der Waals surface area contributed by atoms with Gasteiger partial charge < -0.3 is 14.9 Å². The molecule has 0 heterocycles. The van der Waals surface area contributed by atoms with Crippen molar-refractivity contribution in [2.24, 2.45) is 0 Å². The SMILES string of the molecule is O=C(CO)OCCOOC(=O)CO. The van der Waals surface area contributed by atoms with Gasteiger partial charge in [0.2, 0.25) is 0 Å². The Labute approximate surface area is 73.7 Å².